The maximum absolute atomic E-state index is 15.1. The van der Waals surface area contributed by atoms with Gasteiger partial charge in [-0.1, -0.05) is 17.7 Å². The van der Waals surface area contributed by atoms with Crippen molar-refractivity contribution in [3.8, 4) is 0 Å². The standard InChI is InChI=1S/C21H17ClF5N3O4S/c1-35(32,33)9-18(31)30-10-19(24,11-30)17-5-2-12(8-28-17)16-7-20(34-29-16,21(25,26)27)13-3-4-15(23)14(22)6-13/h2-8,29H,9-11H2,1H3. The van der Waals surface area contributed by atoms with Crippen LogP contribution < -0.4 is 5.48 Å². The van der Waals surface area contributed by atoms with Crippen molar-refractivity contribution in [1.82, 2.24) is 15.4 Å². The van der Waals surface area contributed by atoms with E-state index in [0.29, 0.717) is 0 Å². The van der Waals surface area contributed by atoms with E-state index in [1.165, 1.54) is 12.1 Å². The number of nitrogens with one attached hydrogen (secondary N) is 1. The average Bonchev–Trinajstić information content (AvgIpc) is 3.19. The number of hydroxylamine groups is 1. The lowest BCUT2D eigenvalue weighted by molar-refractivity contribution is -0.269. The van der Waals surface area contributed by atoms with Crippen molar-refractivity contribution in [2.75, 3.05) is 25.1 Å². The fraction of sp³-hybridized carbons (Fsp3) is 0.333. The summed E-state index contributed by atoms with van der Waals surface area (Å²) in [4.78, 5) is 21.8. The van der Waals surface area contributed by atoms with Crippen molar-refractivity contribution < 1.29 is 40.0 Å². The molecule has 0 aliphatic carbocycles. The molecule has 0 saturated carbocycles. The first-order chi connectivity index (χ1) is 16.1. The van der Waals surface area contributed by atoms with E-state index in [9.17, 15) is 30.8 Å². The number of halogens is 6. The van der Waals surface area contributed by atoms with E-state index in [1.54, 1.807) is 0 Å². The molecule has 1 aromatic heterocycles. The maximum atomic E-state index is 15.1. The number of sulfone groups is 1. The number of carbonyl (C=O) groups is 1. The van der Waals surface area contributed by atoms with Crippen LogP contribution in [0.4, 0.5) is 22.0 Å². The smallest absolute Gasteiger partial charge is 0.334 e. The van der Waals surface area contributed by atoms with Crippen LogP contribution in [0.25, 0.3) is 5.70 Å². The highest BCUT2D eigenvalue weighted by Crippen LogP contribution is 2.48. The third kappa shape index (κ3) is 4.71. The van der Waals surface area contributed by atoms with Crippen LogP contribution in [-0.4, -0.2) is 55.5 Å². The molecule has 1 N–H and O–H groups in total. The van der Waals surface area contributed by atoms with Crippen LogP contribution in [0.2, 0.25) is 5.02 Å². The van der Waals surface area contributed by atoms with Crippen LogP contribution >= 0.6 is 11.6 Å². The molecule has 1 aromatic carbocycles. The summed E-state index contributed by atoms with van der Waals surface area (Å²) in [6.45, 7) is -0.805. The minimum absolute atomic E-state index is 0.0726. The quantitative estimate of drug-likeness (QED) is 0.589. The van der Waals surface area contributed by atoms with Gasteiger partial charge in [0.25, 0.3) is 0 Å². The summed E-state index contributed by atoms with van der Waals surface area (Å²) < 4.78 is 93.1. The number of alkyl halides is 4. The first kappa shape index (κ1) is 25.3. The first-order valence-corrected chi connectivity index (χ1v) is 12.4. The van der Waals surface area contributed by atoms with Gasteiger partial charge in [-0.05, 0) is 30.3 Å². The lowest BCUT2D eigenvalue weighted by Gasteiger charge is -2.43. The van der Waals surface area contributed by atoms with Gasteiger partial charge in [-0.15, -0.1) is 0 Å². The van der Waals surface area contributed by atoms with E-state index in [-0.39, 0.29) is 17.0 Å². The predicted octanol–water partition coefficient (Wildman–Crippen LogP) is 3.26. The number of aromatic nitrogens is 1. The number of rotatable bonds is 5. The molecule has 1 atom stereocenters. The van der Waals surface area contributed by atoms with Crippen LogP contribution in [0, 0.1) is 5.82 Å². The molecule has 2 aliphatic rings. The van der Waals surface area contributed by atoms with Gasteiger partial charge in [0.15, 0.2) is 15.5 Å². The van der Waals surface area contributed by atoms with Gasteiger partial charge in [0.2, 0.25) is 11.5 Å². The van der Waals surface area contributed by atoms with Gasteiger partial charge in [0, 0.05) is 23.6 Å². The number of pyridine rings is 1. The monoisotopic (exact) mass is 537 g/mol. The zero-order valence-electron chi connectivity index (χ0n) is 17.9. The lowest BCUT2D eigenvalue weighted by Crippen LogP contribution is -2.60. The normalized spacial score (nSPS) is 21.8. The molecule has 35 heavy (non-hydrogen) atoms. The van der Waals surface area contributed by atoms with E-state index >= 15 is 4.39 Å². The molecule has 1 fully saturated rings. The summed E-state index contributed by atoms with van der Waals surface area (Å²) >= 11 is 5.66. The molecule has 1 saturated heterocycles. The number of benzene rings is 1. The second-order valence-corrected chi connectivity index (χ2v) is 10.9. The van der Waals surface area contributed by atoms with Crippen molar-refractivity contribution in [3.63, 3.8) is 0 Å². The summed E-state index contributed by atoms with van der Waals surface area (Å²) in [6.07, 6.45) is -2.19. The van der Waals surface area contributed by atoms with Gasteiger partial charge in [-0.3, -0.25) is 20.1 Å². The molecular weight excluding hydrogens is 521 g/mol. The van der Waals surface area contributed by atoms with Crippen molar-refractivity contribution in [2.45, 2.75) is 17.4 Å². The number of nitrogens with zero attached hydrogens (tertiary/aromatic N) is 2. The highest BCUT2D eigenvalue weighted by molar-refractivity contribution is 7.91. The van der Waals surface area contributed by atoms with E-state index in [0.717, 1.165) is 41.6 Å². The Balaban J connectivity index is 1.56. The van der Waals surface area contributed by atoms with Gasteiger partial charge in [-0.25, -0.2) is 17.2 Å². The Bertz CT molecular complexity index is 1310. The van der Waals surface area contributed by atoms with E-state index in [2.05, 4.69) is 10.5 Å². The second-order valence-electron chi connectivity index (χ2n) is 8.34. The molecule has 7 nitrogen and oxygen atoms in total. The molecular formula is C21H17ClF5N3O4S. The van der Waals surface area contributed by atoms with Crippen molar-refractivity contribution >= 4 is 33.0 Å². The minimum Gasteiger partial charge on any atom is -0.334 e. The second kappa shape index (κ2) is 8.42. The molecule has 4 rings (SSSR count). The third-order valence-corrected chi connectivity index (χ3v) is 6.66. The van der Waals surface area contributed by atoms with Crippen molar-refractivity contribution in [2.24, 2.45) is 0 Å². The van der Waals surface area contributed by atoms with Crippen LogP contribution in [0.5, 0.6) is 0 Å². The number of hydrogen-bond acceptors (Lipinski definition) is 6. The SMILES string of the molecule is CS(=O)(=O)CC(=O)N1CC(F)(c2ccc(C3=CC(c4ccc(F)c(Cl)c4)(C(F)(F)F)ON3)cn2)C1. The Morgan fingerprint density at radius 1 is 1.26 bits per heavy atom. The molecule has 1 amide bonds. The summed E-state index contributed by atoms with van der Waals surface area (Å²) in [5.74, 6) is -2.37. The summed E-state index contributed by atoms with van der Waals surface area (Å²) in [5.41, 5.74) is -3.31. The molecule has 0 bridgehead atoms. The Hall–Kier alpha value is -2.77. The zero-order valence-corrected chi connectivity index (χ0v) is 19.4. The van der Waals surface area contributed by atoms with Crippen molar-refractivity contribution in [3.05, 3.63) is 70.3 Å². The largest absolute Gasteiger partial charge is 0.428 e. The van der Waals surface area contributed by atoms with Crippen LogP contribution in [0.1, 0.15) is 16.8 Å². The fourth-order valence-electron chi connectivity index (χ4n) is 3.74. The highest BCUT2D eigenvalue weighted by atomic mass is 35.5. The van der Waals surface area contributed by atoms with Gasteiger partial charge >= 0.3 is 6.18 Å². The van der Waals surface area contributed by atoms with Crippen molar-refractivity contribution in [1.29, 1.82) is 0 Å². The van der Waals surface area contributed by atoms with Crippen LogP contribution in [0.3, 0.4) is 0 Å². The molecule has 14 heteroatoms. The molecule has 3 heterocycles. The number of amides is 1. The first-order valence-electron chi connectivity index (χ1n) is 9.94. The molecule has 2 aromatic rings. The Labute approximate surface area is 201 Å². The fourth-order valence-corrected chi connectivity index (χ4v) is 4.56. The maximum Gasteiger partial charge on any atom is 0.428 e. The Morgan fingerprint density at radius 3 is 2.49 bits per heavy atom. The summed E-state index contributed by atoms with van der Waals surface area (Å²) in [6, 6.07) is 5.07. The van der Waals surface area contributed by atoms with E-state index in [1.807, 2.05) is 0 Å². The average molecular weight is 538 g/mol. The number of carbonyl (C=O) groups excluding carboxylic acids is 1. The Morgan fingerprint density at radius 2 is 1.94 bits per heavy atom. The topological polar surface area (TPSA) is 88.6 Å². The van der Waals surface area contributed by atoms with Crippen LogP contribution in [-0.2, 0) is 30.7 Å². The highest BCUT2D eigenvalue weighted by Gasteiger charge is 2.59. The third-order valence-electron chi connectivity index (χ3n) is 5.59. The van der Waals surface area contributed by atoms with E-state index < -0.39 is 68.4 Å². The zero-order chi connectivity index (χ0) is 25.8. The molecule has 0 radical (unpaired) electrons. The predicted molar refractivity (Wildman–Crippen MR) is 115 cm³/mol. The van der Waals surface area contributed by atoms with Gasteiger partial charge in [-0.2, -0.15) is 13.2 Å². The molecule has 1 unspecified atom stereocenters. The lowest BCUT2D eigenvalue weighted by atomic mass is 9.90. The van der Waals surface area contributed by atoms with Gasteiger partial charge in [0.1, 0.15) is 11.6 Å². The van der Waals surface area contributed by atoms with E-state index in [4.69, 9.17) is 16.4 Å². The molecule has 2 aliphatic heterocycles. The molecule has 188 valence electrons. The van der Waals surface area contributed by atoms with Gasteiger partial charge in [0.05, 0.1) is 29.5 Å². The van der Waals surface area contributed by atoms with Gasteiger partial charge < -0.3 is 4.90 Å². The molecule has 0 spiro atoms. The Kier molecular flexibility index (Phi) is 6.09. The summed E-state index contributed by atoms with van der Waals surface area (Å²) in [7, 11) is -3.57. The van der Waals surface area contributed by atoms with Crippen LogP contribution in [0.15, 0.2) is 42.6 Å². The number of hydrogen-bond donors (Lipinski definition) is 1. The minimum atomic E-state index is -4.95. The number of likely N-dealkylation sites (tertiary alicyclic amines) is 1. The summed E-state index contributed by atoms with van der Waals surface area (Å²) in [5, 5.41) is -0.514.